The van der Waals surface area contributed by atoms with Gasteiger partial charge in [-0.15, -0.1) is 10.2 Å². The lowest BCUT2D eigenvalue weighted by atomic mass is 10.0. The lowest BCUT2D eigenvalue weighted by molar-refractivity contribution is -0.119. The lowest BCUT2D eigenvalue weighted by Crippen LogP contribution is -2.33. The molecule has 0 aliphatic heterocycles. The number of thioether (sulfide) groups is 1. The van der Waals surface area contributed by atoms with E-state index < -0.39 is 0 Å². The van der Waals surface area contributed by atoms with Crippen LogP contribution in [0.1, 0.15) is 39.2 Å². The van der Waals surface area contributed by atoms with E-state index in [2.05, 4.69) is 47.7 Å². The van der Waals surface area contributed by atoms with Crippen molar-refractivity contribution in [3.63, 3.8) is 0 Å². The molecule has 1 unspecified atom stereocenters. The fourth-order valence-electron chi connectivity index (χ4n) is 2.26. The van der Waals surface area contributed by atoms with Gasteiger partial charge in [0.1, 0.15) is 0 Å². The molecule has 1 amide bonds. The Kier molecular flexibility index (Phi) is 7.71. The Morgan fingerprint density at radius 1 is 1.24 bits per heavy atom. The molecule has 1 atom stereocenters. The van der Waals surface area contributed by atoms with E-state index in [1.54, 1.807) is 0 Å². The molecule has 0 fully saturated rings. The first kappa shape index (κ1) is 19.7. The van der Waals surface area contributed by atoms with Gasteiger partial charge in [-0.3, -0.25) is 4.79 Å². The first-order valence-electron chi connectivity index (χ1n) is 8.51. The number of anilines is 2. The molecule has 0 saturated carbocycles. The summed E-state index contributed by atoms with van der Waals surface area (Å²) in [5, 5.41) is 15.3. The van der Waals surface area contributed by atoms with Gasteiger partial charge in [-0.05, 0) is 50.3 Å². The van der Waals surface area contributed by atoms with Gasteiger partial charge in [0.25, 0.3) is 0 Å². The van der Waals surface area contributed by atoms with Crippen LogP contribution < -0.4 is 10.6 Å². The summed E-state index contributed by atoms with van der Waals surface area (Å²) in [6.07, 6.45) is 2.14. The van der Waals surface area contributed by atoms with Crippen LogP contribution in [0.4, 0.5) is 10.8 Å². The predicted molar refractivity (Wildman–Crippen MR) is 107 cm³/mol. The Balaban J connectivity index is 1.76. The van der Waals surface area contributed by atoms with Crippen molar-refractivity contribution in [3.8, 4) is 0 Å². The molecular weight excluding hydrogens is 352 g/mol. The zero-order valence-electron chi connectivity index (χ0n) is 15.2. The number of nitrogens with zero attached hydrogens (tertiary/aromatic N) is 2. The molecule has 2 aromatic rings. The molecule has 0 bridgehead atoms. The van der Waals surface area contributed by atoms with Crippen molar-refractivity contribution in [2.45, 2.75) is 50.9 Å². The van der Waals surface area contributed by atoms with Crippen molar-refractivity contribution in [1.29, 1.82) is 0 Å². The SMILES string of the molecule is Cc1cccc(Nc2nnc(SCC(=O)NC(C)CCC(C)C)s2)c1. The van der Waals surface area contributed by atoms with Gasteiger partial charge in [0, 0.05) is 11.7 Å². The minimum Gasteiger partial charge on any atom is -0.353 e. The third-order valence-corrected chi connectivity index (χ3v) is 5.56. The van der Waals surface area contributed by atoms with Crippen LogP contribution in [0.3, 0.4) is 0 Å². The fraction of sp³-hybridized carbons (Fsp3) is 0.500. The van der Waals surface area contributed by atoms with Crippen LogP contribution in [0, 0.1) is 12.8 Å². The van der Waals surface area contributed by atoms with Gasteiger partial charge in [-0.1, -0.05) is 49.1 Å². The molecule has 1 aromatic carbocycles. The highest BCUT2D eigenvalue weighted by molar-refractivity contribution is 8.01. The van der Waals surface area contributed by atoms with Crippen LogP contribution in [-0.4, -0.2) is 27.9 Å². The van der Waals surface area contributed by atoms with Crippen LogP contribution >= 0.6 is 23.1 Å². The molecule has 25 heavy (non-hydrogen) atoms. The third-order valence-electron chi connectivity index (χ3n) is 3.59. The van der Waals surface area contributed by atoms with Crippen molar-refractivity contribution in [2.75, 3.05) is 11.1 Å². The molecule has 0 spiro atoms. The largest absolute Gasteiger partial charge is 0.353 e. The minimum atomic E-state index is 0.0460. The highest BCUT2D eigenvalue weighted by atomic mass is 32.2. The van der Waals surface area contributed by atoms with Crippen LogP contribution in [-0.2, 0) is 4.79 Å². The topological polar surface area (TPSA) is 66.9 Å². The second-order valence-corrected chi connectivity index (χ2v) is 8.80. The van der Waals surface area contributed by atoms with Crippen LogP contribution in [0.15, 0.2) is 28.6 Å². The molecule has 2 N–H and O–H groups in total. The fourth-order valence-corrected chi connectivity index (χ4v) is 3.85. The van der Waals surface area contributed by atoms with E-state index in [0.717, 1.165) is 28.0 Å². The number of aryl methyl sites for hydroxylation is 1. The molecule has 1 aromatic heterocycles. The van der Waals surface area contributed by atoms with Gasteiger partial charge < -0.3 is 10.6 Å². The van der Waals surface area contributed by atoms with Gasteiger partial charge in [-0.2, -0.15) is 0 Å². The van der Waals surface area contributed by atoms with E-state index in [0.29, 0.717) is 11.7 Å². The molecule has 7 heteroatoms. The summed E-state index contributed by atoms with van der Waals surface area (Å²) in [4.78, 5) is 12.0. The van der Waals surface area contributed by atoms with Gasteiger partial charge >= 0.3 is 0 Å². The highest BCUT2D eigenvalue weighted by Crippen LogP contribution is 2.27. The summed E-state index contributed by atoms with van der Waals surface area (Å²) in [7, 11) is 0. The van der Waals surface area contributed by atoms with Crippen LogP contribution in [0.5, 0.6) is 0 Å². The first-order valence-corrected chi connectivity index (χ1v) is 10.3. The van der Waals surface area contributed by atoms with Crippen molar-refractivity contribution < 1.29 is 4.79 Å². The molecular formula is C18H26N4OS2. The molecule has 0 radical (unpaired) electrons. The lowest BCUT2D eigenvalue weighted by Gasteiger charge is -2.14. The number of hydrogen-bond donors (Lipinski definition) is 2. The van der Waals surface area contributed by atoms with Crippen LogP contribution in [0.2, 0.25) is 0 Å². The standard InChI is InChI=1S/C18H26N4OS2/c1-12(2)8-9-14(4)19-16(23)11-24-18-22-21-17(25-18)20-15-7-5-6-13(3)10-15/h5-7,10,12,14H,8-9,11H2,1-4H3,(H,19,23)(H,20,21). The van der Waals surface area contributed by atoms with Gasteiger partial charge in [-0.25, -0.2) is 0 Å². The van der Waals surface area contributed by atoms with Crippen molar-refractivity contribution >= 4 is 39.8 Å². The van der Waals surface area contributed by atoms with E-state index in [-0.39, 0.29) is 11.9 Å². The Morgan fingerprint density at radius 2 is 2.04 bits per heavy atom. The van der Waals surface area contributed by atoms with Crippen LogP contribution in [0.25, 0.3) is 0 Å². The summed E-state index contributed by atoms with van der Waals surface area (Å²) in [6, 6.07) is 8.31. The maximum atomic E-state index is 12.0. The second-order valence-electron chi connectivity index (χ2n) is 6.60. The number of rotatable bonds is 9. The zero-order chi connectivity index (χ0) is 18.2. The zero-order valence-corrected chi connectivity index (χ0v) is 16.8. The Labute approximate surface area is 158 Å². The number of carbonyl (C=O) groups is 1. The quantitative estimate of drug-likeness (QED) is 0.623. The predicted octanol–water partition coefficient (Wildman–Crippen LogP) is 4.62. The normalized spacial score (nSPS) is 12.2. The van der Waals surface area contributed by atoms with E-state index in [9.17, 15) is 4.79 Å². The first-order chi connectivity index (χ1) is 11.9. The Bertz CT molecular complexity index is 687. The van der Waals surface area contributed by atoms with Crippen molar-refractivity contribution in [3.05, 3.63) is 29.8 Å². The van der Waals surface area contributed by atoms with E-state index in [4.69, 9.17) is 0 Å². The molecule has 0 aliphatic rings. The third kappa shape index (κ3) is 7.44. The maximum Gasteiger partial charge on any atom is 0.230 e. The molecule has 1 heterocycles. The Hall–Kier alpha value is -1.60. The van der Waals surface area contributed by atoms with Gasteiger partial charge in [0.2, 0.25) is 11.0 Å². The van der Waals surface area contributed by atoms with E-state index in [1.807, 2.05) is 25.1 Å². The van der Waals surface area contributed by atoms with Gasteiger partial charge in [0.15, 0.2) is 4.34 Å². The van der Waals surface area contributed by atoms with E-state index >= 15 is 0 Å². The number of benzene rings is 1. The molecule has 5 nitrogen and oxygen atoms in total. The maximum absolute atomic E-state index is 12.0. The van der Waals surface area contributed by atoms with Gasteiger partial charge in [0.05, 0.1) is 5.75 Å². The summed E-state index contributed by atoms with van der Waals surface area (Å²) < 4.78 is 0.792. The summed E-state index contributed by atoms with van der Waals surface area (Å²) in [6.45, 7) is 8.50. The number of carbonyl (C=O) groups excluding carboxylic acids is 1. The molecule has 2 rings (SSSR count). The summed E-state index contributed by atoms with van der Waals surface area (Å²) >= 11 is 2.88. The molecule has 136 valence electrons. The highest BCUT2D eigenvalue weighted by Gasteiger charge is 2.11. The van der Waals surface area contributed by atoms with Crippen molar-refractivity contribution in [2.24, 2.45) is 5.92 Å². The van der Waals surface area contributed by atoms with Crippen molar-refractivity contribution in [1.82, 2.24) is 15.5 Å². The number of amides is 1. The van der Waals surface area contributed by atoms with E-state index in [1.165, 1.54) is 28.7 Å². The second kappa shape index (κ2) is 9.77. The Morgan fingerprint density at radius 3 is 2.76 bits per heavy atom. The number of hydrogen-bond acceptors (Lipinski definition) is 6. The molecule has 0 aliphatic carbocycles. The average Bonchev–Trinajstić information content (AvgIpc) is 2.98. The molecule has 0 saturated heterocycles. The number of aromatic nitrogens is 2. The smallest absolute Gasteiger partial charge is 0.230 e. The minimum absolute atomic E-state index is 0.0460. The average molecular weight is 379 g/mol. The summed E-state index contributed by atoms with van der Waals surface area (Å²) in [5.74, 6) is 1.07. The monoisotopic (exact) mass is 378 g/mol. The number of nitrogens with one attached hydrogen (secondary N) is 2. The summed E-state index contributed by atoms with van der Waals surface area (Å²) in [5.41, 5.74) is 2.18.